The van der Waals surface area contributed by atoms with Crippen molar-refractivity contribution in [1.29, 1.82) is 0 Å². The largest absolute Gasteiger partial charge is 0.508 e. The van der Waals surface area contributed by atoms with Crippen LogP contribution in [0.3, 0.4) is 0 Å². The molecule has 37 heavy (non-hydrogen) atoms. The summed E-state index contributed by atoms with van der Waals surface area (Å²) < 4.78 is 22.1. The normalized spacial score (nSPS) is 35.5. The van der Waals surface area contributed by atoms with E-state index in [1.165, 1.54) is 24.3 Å². The predicted octanol–water partition coefficient (Wildman–Crippen LogP) is -0.349. The zero-order valence-corrected chi connectivity index (χ0v) is 19.5. The van der Waals surface area contributed by atoms with Crippen LogP contribution in [0.2, 0.25) is 0 Å². The average Bonchev–Trinajstić information content (AvgIpc) is 3.19. The number of aliphatic hydroxyl groups excluding tert-OH is 4. The van der Waals surface area contributed by atoms with Crippen molar-refractivity contribution in [2.75, 3.05) is 6.61 Å². The topological polar surface area (TPSA) is 192 Å². The fraction of sp³-hybridized carbons (Fsp3) is 0.440. The van der Waals surface area contributed by atoms with Crippen LogP contribution in [0.15, 0.2) is 54.3 Å². The minimum atomic E-state index is -1.70. The molecule has 0 aromatic heterocycles. The number of hydrogen-bond acceptors (Lipinski definition) is 11. The van der Waals surface area contributed by atoms with E-state index in [0.29, 0.717) is 11.1 Å². The van der Waals surface area contributed by atoms with E-state index in [9.17, 15) is 40.2 Å². The van der Waals surface area contributed by atoms with Gasteiger partial charge in [0.15, 0.2) is 6.29 Å². The van der Waals surface area contributed by atoms with Gasteiger partial charge in [0.25, 0.3) is 0 Å². The van der Waals surface area contributed by atoms with Gasteiger partial charge >= 0.3 is 11.9 Å². The van der Waals surface area contributed by atoms with Crippen molar-refractivity contribution in [3.63, 3.8) is 0 Å². The standard InChI is InChI=1S/C25H28O12/c1-11-16(35-18(28)7-4-12-2-5-13(27)6-3-12)8-14-15(23(32)33)10-34-24(19(11)14)37-25-22(31)21(30)20(29)17(9-26)36-25/h2-7,10,14,16-17,19-22,24-27,29-31H,1,8-9H2,(H,32,33)/b7-4+/t14-,16+,17-,19-,20-,21+,22-,24+,25+/m1/s1. The molecule has 4 rings (SSSR count). The SMILES string of the molecule is C=C1[C@H]2[C@H](O[C@@H]3O[C@H](CO)[C@@H](O)[C@H](O)[C@H]3O)OC=C(C(=O)O)[C@H]2C[C@@H]1OC(=O)/C=C/c1ccc(O)cc1. The summed E-state index contributed by atoms with van der Waals surface area (Å²) >= 11 is 0. The second kappa shape index (κ2) is 11.0. The van der Waals surface area contributed by atoms with Gasteiger partial charge in [0.05, 0.1) is 24.4 Å². The van der Waals surface area contributed by atoms with Crippen molar-refractivity contribution in [3.05, 3.63) is 59.9 Å². The summed E-state index contributed by atoms with van der Waals surface area (Å²) in [7, 11) is 0. The lowest BCUT2D eigenvalue weighted by atomic mass is 9.85. The Morgan fingerprint density at radius 3 is 2.43 bits per heavy atom. The summed E-state index contributed by atoms with van der Waals surface area (Å²) in [5.41, 5.74) is 0.877. The number of ether oxygens (including phenoxy) is 4. The molecule has 0 radical (unpaired) electrons. The van der Waals surface area contributed by atoms with Crippen LogP contribution in [0.1, 0.15) is 12.0 Å². The molecule has 6 N–H and O–H groups in total. The number of rotatable bonds is 7. The van der Waals surface area contributed by atoms with E-state index in [-0.39, 0.29) is 17.7 Å². The van der Waals surface area contributed by atoms with Gasteiger partial charge in [0.2, 0.25) is 6.29 Å². The quantitative estimate of drug-likeness (QED) is 0.156. The van der Waals surface area contributed by atoms with Crippen molar-refractivity contribution >= 4 is 18.0 Å². The highest BCUT2D eigenvalue weighted by Gasteiger charge is 2.53. The van der Waals surface area contributed by atoms with Gasteiger partial charge in [-0.3, -0.25) is 0 Å². The number of fused-ring (bicyclic) bond motifs is 1. The number of phenolic OH excluding ortho intramolecular Hbond substituents is 1. The van der Waals surface area contributed by atoms with Gasteiger partial charge in [-0.05, 0) is 35.8 Å². The molecule has 0 amide bonds. The first-order valence-electron chi connectivity index (χ1n) is 11.5. The van der Waals surface area contributed by atoms with Crippen LogP contribution in [-0.2, 0) is 28.5 Å². The summed E-state index contributed by atoms with van der Waals surface area (Å²) in [6.45, 7) is 3.31. The second-order valence-electron chi connectivity index (χ2n) is 9.01. The van der Waals surface area contributed by atoms with Crippen LogP contribution < -0.4 is 0 Å². The van der Waals surface area contributed by atoms with Gasteiger partial charge in [-0.15, -0.1) is 0 Å². The lowest BCUT2D eigenvalue weighted by molar-refractivity contribution is -0.339. The van der Waals surface area contributed by atoms with Gasteiger partial charge in [-0.2, -0.15) is 0 Å². The summed E-state index contributed by atoms with van der Waals surface area (Å²) in [5.74, 6) is -3.40. The minimum Gasteiger partial charge on any atom is -0.508 e. The second-order valence-corrected chi connectivity index (χ2v) is 9.01. The monoisotopic (exact) mass is 520 g/mol. The number of aliphatic carboxylic acids is 1. The minimum absolute atomic E-state index is 0.0783. The highest BCUT2D eigenvalue weighted by molar-refractivity contribution is 5.88. The molecule has 0 bridgehead atoms. The number of carbonyl (C=O) groups is 2. The molecule has 2 fully saturated rings. The molecule has 12 nitrogen and oxygen atoms in total. The van der Waals surface area contributed by atoms with Crippen molar-refractivity contribution in [3.8, 4) is 5.75 Å². The maximum Gasteiger partial charge on any atom is 0.334 e. The molecule has 1 saturated heterocycles. The molecule has 0 unspecified atom stereocenters. The molecule has 0 spiro atoms. The van der Waals surface area contributed by atoms with Crippen molar-refractivity contribution < 1.29 is 59.2 Å². The molecule has 2 aliphatic heterocycles. The number of phenols is 1. The van der Waals surface area contributed by atoms with Gasteiger partial charge < -0.3 is 49.6 Å². The van der Waals surface area contributed by atoms with Crippen LogP contribution in [-0.4, -0.2) is 92.3 Å². The molecular weight excluding hydrogens is 492 g/mol. The third-order valence-electron chi connectivity index (χ3n) is 6.69. The van der Waals surface area contributed by atoms with Crippen LogP contribution in [0.25, 0.3) is 6.08 Å². The molecule has 200 valence electrons. The number of hydrogen-bond donors (Lipinski definition) is 6. The van der Waals surface area contributed by atoms with E-state index >= 15 is 0 Å². The molecule has 1 saturated carbocycles. The van der Waals surface area contributed by atoms with Crippen LogP contribution in [0.5, 0.6) is 5.75 Å². The number of carboxylic acids is 1. The number of aliphatic hydroxyl groups is 4. The van der Waals surface area contributed by atoms with Crippen LogP contribution in [0.4, 0.5) is 0 Å². The van der Waals surface area contributed by atoms with E-state index < -0.39 is 73.5 Å². The molecule has 1 aromatic rings. The first-order valence-corrected chi connectivity index (χ1v) is 11.5. The average molecular weight is 520 g/mol. The summed E-state index contributed by atoms with van der Waals surface area (Å²) in [4.78, 5) is 24.3. The molecule has 3 aliphatic rings. The van der Waals surface area contributed by atoms with Crippen LogP contribution in [0, 0.1) is 11.8 Å². The Morgan fingerprint density at radius 1 is 1.08 bits per heavy atom. The fourth-order valence-electron chi connectivity index (χ4n) is 4.69. The maximum absolute atomic E-state index is 12.5. The number of esters is 1. The van der Waals surface area contributed by atoms with Crippen molar-refractivity contribution in [2.45, 2.75) is 49.5 Å². The van der Waals surface area contributed by atoms with Gasteiger partial charge in [-0.1, -0.05) is 18.7 Å². The Labute approximate surface area is 211 Å². The first kappa shape index (κ1) is 26.8. The Kier molecular flexibility index (Phi) is 7.97. The molecular formula is C25H28O12. The highest BCUT2D eigenvalue weighted by atomic mass is 16.8. The number of benzene rings is 1. The smallest absolute Gasteiger partial charge is 0.334 e. The molecule has 12 heteroatoms. The lowest BCUT2D eigenvalue weighted by Gasteiger charge is -2.42. The maximum atomic E-state index is 12.5. The van der Waals surface area contributed by atoms with Crippen molar-refractivity contribution in [2.24, 2.45) is 11.8 Å². The van der Waals surface area contributed by atoms with E-state index in [1.54, 1.807) is 12.1 Å². The Hall–Kier alpha value is -3.26. The van der Waals surface area contributed by atoms with Gasteiger partial charge in [0, 0.05) is 12.0 Å². The van der Waals surface area contributed by atoms with Gasteiger partial charge in [0.1, 0.15) is 36.3 Å². The molecule has 2 heterocycles. The van der Waals surface area contributed by atoms with Gasteiger partial charge in [-0.25, -0.2) is 9.59 Å². The Bertz CT molecular complexity index is 1080. The van der Waals surface area contributed by atoms with E-state index in [0.717, 1.165) is 6.26 Å². The summed E-state index contributed by atoms with van der Waals surface area (Å²) in [6.07, 6.45) is -6.05. The third kappa shape index (κ3) is 5.54. The fourth-order valence-corrected chi connectivity index (χ4v) is 4.69. The molecule has 1 aliphatic carbocycles. The summed E-state index contributed by atoms with van der Waals surface area (Å²) in [6, 6.07) is 6.13. The van der Waals surface area contributed by atoms with E-state index in [2.05, 4.69) is 6.58 Å². The first-order chi connectivity index (χ1) is 17.6. The molecule has 9 atom stereocenters. The summed E-state index contributed by atoms with van der Waals surface area (Å²) in [5, 5.41) is 58.7. The predicted molar refractivity (Wildman–Crippen MR) is 123 cm³/mol. The highest BCUT2D eigenvalue weighted by Crippen LogP contribution is 2.47. The van der Waals surface area contributed by atoms with E-state index in [4.69, 9.17) is 18.9 Å². The number of carbonyl (C=O) groups excluding carboxylic acids is 1. The zero-order valence-electron chi connectivity index (χ0n) is 19.5. The lowest BCUT2D eigenvalue weighted by Crippen LogP contribution is -2.60. The number of aromatic hydroxyl groups is 1. The molecule has 1 aromatic carbocycles. The van der Waals surface area contributed by atoms with Crippen LogP contribution >= 0.6 is 0 Å². The third-order valence-corrected chi connectivity index (χ3v) is 6.69. The Morgan fingerprint density at radius 2 is 1.78 bits per heavy atom. The van der Waals surface area contributed by atoms with Crippen molar-refractivity contribution in [1.82, 2.24) is 0 Å². The zero-order chi connectivity index (χ0) is 26.9. The van der Waals surface area contributed by atoms with E-state index in [1.807, 2.05) is 0 Å². The Balaban J connectivity index is 1.49. The number of carboxylic acid groups (broad SMARTS) is 1.